The van der Waals surface area contributed by atoms with E-state index >= 15 is 0 Å². The first-order chi connectivity index (χ1) is 16.0. The standard InChI is InChI=1S/C25H25N3O5/c1-32-22-14-18-12-13-27(16-24(29)26-19-8-10-20(11-9-19)28(30)31)25(17-6-4-3-5-7-17)21(18)15-23(22)33-2/h3-11,14-15,25H,12-13,16H2,1-2H3,(H,26,29). The summed E-state index contributed by atoms with van der Waals surface area (Å²) < 4.78 is 11.0. The number of carbonyl (C=O) groups is 1. The molecule has 1 N–H and O–H groups in total. The number of hydrogen-bond donors (Lipinski definition) is 1. The summed E-state index contributed by atoms with van der Waals surface area (Å²) in [7, 11) is 3.23. The van der Waals surface area contributed by atoms with Gasteiger partial charge in [-0.05, 0) is 47.4 Å². The number of nitro benzene ring substituents is 1. The molecule has 1 amide bonds. The van der Waals surface area contributed by atoms with Crippen LogP contribution >= 0.6 is 0 Å². The molecule has 170 valence electrons. The van der Waals surface area contributed by atoms with Crippen molar-refractivity contribution in [2.45, 2.75) is 12.5 Å². The highest BCUT2D eigenvalue weighted by molar-refractivity contribution is 5.92. The van der Waals surface area contributed by atoms with Crippen LogP contribution in [-0.4, -0.2) is 43.0 Å². The maximum absolute atomic E-state index is 12.9. The molecule has 8 heteroatoms. The molecule has 33 heavy (non-hydrogen) atoms. The van der Waals surface area contributed by atoms with Crippen LogP contribution in [0.15, 0.2) is 66.7 Å². The van der Waals surface area contributed by atoms with Crippen LogP contribution in [0.3, 0.4) is 0 Å². The van der Waals surface area contributed by atoms with Crippen molar-refractivity contribution in [1.29, 1.82) is 0 Å². The van der Waals surface area contributed by atoms with Gasteiger partial charge in [0, 0.05) is 24.4 Å². The Balaban J connectivity index is 1.61. The van der Waals surface area contributed by atoms with Gasteiger partial charge in [-0.15, -0.1) is 0 Å². The van der Waals surface area contributed by atoms with Gasteiger partial charge >= 0.3 is 0 Å². The summed E-state index contributed by atoms with van der Waals surface area (Å²) in [4.78, 5) is 25.4. The van der Waals surface area contributed by atoms with Crippen molar-refractivity contribution in [3.05, 3.63) is 93.5 Å². The van der Waals surface area contributed by atoms with E-state index in [0.29, 0.717) is 23.7 Å². The molecule has 0 aromatic heterocycles. The van der Waals surface area contributed by atoms with Gasteiger partial charge in [-0.25, -0.2) is 0 Å². The average Bonchev–Trinajstić information content (AvgIpc) is 2.83. The minimum atomic E-state index is -0.468. The van der Waals surface area contributed by atoms with Gasteiger partial charge in [-0.1, -0.05) is 30.3 Å². The summed E-state index contributed by atoms with van der Waals surface area (Å²) in [6.45, 7) is 0.861. The Morgan fingerprint density at radius 2 is 1.73 bits per heavy atom. The number of nitrogens with zero attached hydrogens (tertiary/aromatic N) is 2. The second-order valence-corrected chi connectivity index (χ2v) is 7.79. The summed E-state index contributed by atoms with van der Waals surface area (Å²) in [6, 6.07) is 19.7. The lowest BCUT2D eigenvalue weighted by Gasteiger charge is -2.37. The Kier molecular flexibility index (Phi) is 6.55. The highest BCUT2D eigenvalue weighted by Gasteiger charge is 2.31. The van der Waals surface area contributed by atoms with E-state index in [-0.39, 0.29) is 24.2 Å². The van der Waals surface area contributed by atoms with Crippen LogP contribution in [0.5, 0.6) is 11.5 Å². The summed E-state index contributed by atoms with van der Waals surface area (Å²) in [5.41, 5.74) is 3.82. The smallest absolute Gasteiger partial charge is 0.269 e. The number of amides is 1. The van der Waals surface area contributed by atoms with Crippen LogP contribution in [0, 0.1) is 10.1 Å². The second-order valence-electron chi connectivity index (χ2n) is 7.79. The van der Waals surface area contributed by atoms with Gasteiger partial charge in [0.1, 0.15) is 0 Å². The number of anilines is 1. The lowest BCUT2D eigenvalue weighted by molar-refractivity contribution is -0.384. The van der Waals surface area contributed by atoms with Crippen molar-refractivity contribution < 1.29 is 19.2 Å². The predicted molar refractivity (Wildman–Crippen MR) is 125 cm³/mol. The first-order valence-electron chi connectivity index (χ1n) is 10.6. The minimum absolute atomic E-state index is 0.0193. The molecule has 3 aromatic carbocycles. The largest absolute Gasteiger partial charge is 0.493 e. The van der Waals surface area contributed by atoms with Gasteiger partial charge in [-0.2, -0.15) is 0 Å². The van der Waals surface area contributed by atoms with Crippen LogP contribution in [-0.2, 0) is 11.2 Å². The van der Waals surface area contributed by atoms with E-state index in [1.54, 1.807) is 14.2 Å². The van der Waals surface area contributed by atoms with Gasteiger partial charge in [0.25, 0.3) is 5.69 Å². The average molecular weight is 447 g/mol. The molecule has 1 atom stereocenters. The molecule has 0 radical (unpaired) electrons. The Morgan fingerprint density at radius 3 is 2.36 bits per heavy atom. The predicted octanol–water partition coefficient (Wildman–Crippen LogP) is 4.20. The molecule has 1 heterocycles. The van der Waals surface area contributed by atoms with Crippen LogP contribution in [0.4, 0.5) is 11.4 Å². The third-order valence-corrected chi connectivity index (χ3v) is 5.80. The van der Waals surface area contributed by atoms with E-state index in [0.717, 1.165) is 23.1 Å². The molecule has 0 fully saturated rings. The maximum atomic E-state index is 12.9. The first kappa shape index (κ1) is 22.3. The van der Waals surface area contributed by atoms with Gasteiger partial charge in [0.05, 0.1) is 31.7 Å². The van der Waals surface area contributed by atoms with Gasteiger partial charge < -0.3 is 14.8 Å². The lowest BCUT2D eigenvalue weighted by atomic mass is 9.87. The number of non-ortho nitro benzene ring substituents is 1. The van der Waals surface area contributed by atoms with Gasteiger partial charge in [-0.3, -0.25) is 19.8 Å². The van der Waals surface area contributed by atoms with Gasteiger partial charge in [0.2, 0.25) is 5.91 Å². The Bertz CT molecular complexity index is 1150. The third-order valence-electron chi connectivity index (χ3n) is 5.80. The molecule has 0 spiro atoms. The minimum Gasteiger partial charge on any atom is -0.493 e. The molecule has 1 unspecified atom stereocenters. The Morgan fingerprint density at radius 1 is 1.06 bits per heavy atom. The van der Waals surface area contributed by atoms with Crippen molar-refractivity contribution in [3.8, 4) is 11.5 Å². The number of ether oxygens (including phenoxy) is 2. The van der Waals surface area contributed by atoms with Crippen molar-refractivity contribution >= 4 is 17.3 Å². The van der Waals surface area contributed by atoms with Crippen molar-refractivity contribution in [2.75, 3.05) is 32.6 Å². The highest BCUT2D eigenvalue weighted by Crippen LogP contribution is 2.40. The molecule has 0 bridgehead atoms. The van der Waals surface area contributed by atoms with Gasteiger partial charge in [0.15, 0.2) is 11.5 Å². The van der Waals surface area contributed by atoms with Crippen molar-refractivity contribution in [3.63, 3.8) is 0 Å². The van der Waals surface area contributed by atoms with E-state index in [2.05, 4.69) is 22.3 Å². The van der Waals surface area contributed by atoms with Crippen LogP contribution in [0.2, 0.25) is 0 Å². The molecule has 0 saturated heterocycles. The summed E-state index contributed by atoms with van der Waals surface area (Å²) in [6.07, 6.45) is 0.768. The number of fused-ring (bicyclic) bond motifs is 1. The molecular weight excluding hydrogens is 422 g/mol. The number of carbonyl (C=O) groups excluding carboxylic acids is 1. The summed E-state index contributed by atoms with van der Waals surface area (Å²) in [5.74, 6) is 1.15. The zero-order chi connectivity index (χ0) is 23.4. The van der Waals surface area contributed by atoms with Crippen molar-refractivity contribution in [2.24, 2.45) is 0 Å². The van der Waals surface area contributed by atoms with E-state index in [1.807, 2.05) is 30.3 Å². The monoisotopic (exact) mass is 447 g/mol. The Labute approximate surface area is 191 Å². The fraction of sp³-hybridized carbons (Fsp3) is 0.240. The fourth-order valence-corrected chi connectivity index (χ4v) is 4.25. The lowest BCUT2D eigenvalue weighted by Crippen LogP contribution is -2.41. The van der Waals surface area contributed by atoms with E-state index in [9.17, 15) is 14.9 Å². The second kappa shape index (κ2) is 9.70. The van der Waals surface area contributed by atoms with Crippen LogP contribution in [0.25, 0.3) is 0 Å². The first-order valence-corrected chi connectivity index (χ1v) is 10.6. The van der Waals surface area contributed by atoms with Crippen LogP contribution < -0.4 is 14.8 Å². The number of nitrogens with one attached hydrogen (secondary N) is 1. The van der Waals surface area contributed by atoms with E-state index in [4.69, 9.17) is 9.47 Å². The number of methoxy groups -OCH3 is 2. The molecule has 1 aliphatic rings. The zero-order valence-electron chi connectivity index (χ0n) is 18.5. The molecule has 8 nitrogen and oxygen atoms in total. The van der Waals surface area contributed by atoms with E-state index < -0.39 is 4.92 Å². The van der Waals surface area contributed by atoms with E-state index in [1.165, 1.54) is 24.3 Å². The zero-order valence-corrected chi connectivity index (χ0v) is 18.5. The molecule has 1 aliphatic heterocycles. The number of hydrogen-bond acceptors (Lipinski definition) is 6. The number of benzene rings is 3. The molecular formula is C25H25N3O5. The molecule has 3 aromatic rings. The summed E-state index contributed by atoms with van der Waals surface area (Å²) >= 11 is 0. The molecule has 0 saturated carbocycles. The summed E-state index contributed by atoms with van der Waals surface area (Å²) in [5, 5.41) is 13.7. The highest BCUT2D eigenvalue weighted by atomic mass is 16.6. The fourth-order valence-electron chi connectivity index (χ4n) is 4.25. The van der Waals surface area contributed by atoms with Crippen LogP contribution in [0.1, 0.15) is 22.7 Å². The number of nitro groups is 1. The van der Waals surface area contributed by atoms with Crippen molar-refractivity contribution in [1.82, 2.24) is 4.90 Å². The SMILES string of the molecule is COc1cc2c(cc1OC)C(c1ccccc1)N(CC(=O)Nc1ccc([N+](=O)[O-])cc1)CC2. The normalized spacial score (nSPS) is 15.4. The molecule has 0 aliphatic carbocycles. The third kappa shape index (κ3) is 4.80. The quantitative estimate of drug-likeness (QED) is 0.431. The molecule has 4 rings (SSSR count). The topological polar surface area (TPSA) is 93.9 Å². The Hall–Kier alpha value is -3.91. The number of rotatable bonds is 7. The maximum Gasteiger partial charge on any atom is 0.269 e.